The first-order valence-electron chi connectivity index (χ1n) is 6.67. The third kappa shape index (κ3) is 2.43. The summed E-state index contributed by atoms with van der Waals surface area (Å²) in [6.07, 6.45) is -0.426. The number of nitrogens with zero attached hydrogens (tertiary/aromatic N) is 1. The van der Waals surface area contributed by atoms with Gasteiger partial charge in [0.1, 0.15) is 5.75 Å². The average Bonchev–Trinajstić information content (AvgIpc) is 2.39. The molecule has 1 saturated heterocycles. The number of likely N-dealkylation sites (N-methyl/N-ethyl adjacent to an activating group) is 1. The van der Waals surface area contributed by atoms with Crippen LogP contribution >= 0.6 is 0 Å². The number of carbonyl (C=O) groups excluding carboxylic acids is 1. The Morgan fingerprint density at radius 2 is 2.26 bits per heavy atom. The summed E-state index contributed by atoms with van der Waals surface area (Å²) in [7, 11) is 2.13. The molecule has 3 rings (SSSR count). The van der Waals surface area contributed by atoms with Crippen LogP contribution in [-0.2, 0) is 4.79 Å². The zero-order valence-electron chi connectivity index (χ0n) is 11.3. The molecular weight excluding hydrogens is 242 g/mol. The molecule has 5 nitrogen and oxygen atoms in total. The zero-order valence-corrected chi connectivity index (χ0v) is 11.3. The van der Waals surface area contributed by atoms with Gasteiger partial charge in [0.05, 0.1) is 5.69 Å². The fourth-order valence-corrected chi connectivity index (χ4v) is 2.56. The van der Waals surface area contributed by atoms with E-state index in [1.165, 1.54) is 5.56 Å². The number of carbonyl (C=O) groups is 1. The first-order valence-corrected chi connectivity index (χ1v) is 6.67. The molecule has 0 radical (unpaired) electrons. The molecule has 102 valence electrons. The first-order chi connectivity index (χ1) is 9.13. The molecule has 0 saturated carbocycles. The van der Waals surface area contributed by atoms with Crippen molar-refractivity contribution >= 4 is 11.6 Å². The summed E-state index contributed by atoms with van der Waals surface area (Å²) < 4.78 is 5.65. The van der Waals surface area contributed by atoms with Crippen LogP contribution < -0.4 is 15.4 Å². The highest BCUT2D eigenvalue weighted by Crippen LogP contribution is 2.32. The quantitative estimate of drug-likeness (QED) is 0.791. The highest BCUT2D eigenvalue weighted by Gasteiger charge is 2.25. The number of piperazine rings is 1. The van der Waals surface area contributed by atoms with Gasteiger partial charge in [-0.25, -0.2) is 0 Å². The van der Waals surface area contributed by atoms with E-state index >= 15 is 0 Å². The fraction of sp³-hybridized carbons (Fsp3) is 0.500. The number of amides is 1. The van der Waals surface area contributed by atoms with Crippen molar-refractivity contribution in [3.8, 4) is 5.75 Å². The van der Waals surface area contributed by atoms with Gasteiger partial charge in [0.2, 0.25) is 0 Å². The van der Waals surface area contributed by atoms with E-state index in [9.17, 15) is 4.79 Å². The fourth-order valence-electron chi connectivity index (χ4n) is 2.56. The van der Waals surface area contributed by atoms with Crippen molar-refractivity contribution in [1.82, 2.24) is 10.2 Å². The van der Waals surface area contributed by atoms with Crippen molar-refractivity contribution < 1.29 is 9.53 Å². The van der Waals surface area contributed by atoms with E-state index in [2.05, 4.69) is 28.6 Å². The van der Waals surface area contributed by atoms with Crippen LogP contribution in [0.15, 0.2) is 18.2 Å². The topological polar surface area (TPSA) is 53.6 Å². The minimum atomic E-state index is -0.426. The molecule has 2 aliphatic heterocycles. The minimum absolute atomic E-state index is 0.0872. The SMILES string of the molecule is CC1Oc2cc(C3CN(C)CCN3)ccc2NC1=O. The van der Waals surface area contributed by atoms with E-state index in [1.807, 2.05) is 12.1 Å². The monoisotopic (exact) mass is 261 g/mol. The van der Waals surface area contributed by atoms with Gasteiger partial charge >= 0.3 is 0 Å². The summed E-state index contributed by atoms with van der Waals surface area (Å²) in [6.45, 7) is 4.82. The van der Waals surface area contributed by atoms with Crippen molar-refractivity contribution in [2.45, 2.75) is 19.1 Å². The zero-order chi connectivity index (χ0) is 13.4. The van der Waals surface area contributed by atoms with Gasteiger partial charge in [-0.05, 0) is 31.7 Å². The van der Waals surface area contributed by atoms with Crippen molar-refractivity contribution in [2.24, 2.45) is 0 Å². The Kier molecular flexibility index (Phi) is 3.16. The molecule has 1 amide bonds. The van der Waals surface area contributed by atoms with Crippen molar-refractivity contribution in [1.29, 1.82) is 0 Å². The first kappa shape index (κ1) is 12.4. The predicted octanol–water partition coefficient (Wildman–Crippen LogP) is 0.982. The maximum absolute atomic E-state index is 11.5. The second kappa shape index (κ2) is 4.83. The van der Waals surface area contributed by atoms with Crippen LogP contribution in [-0.4, -0.2) is 43.6 Å². The Morgan fingerprint density at radius 3 is 3.05 bits per heavy atom. The van der Waals surface area contributed by atoms with Gasteiger partial charge in [-0.1, -0.05) is 6.07 Å². The smallest absolute Gasteiger partial charge is 0.265 e. The number of hydrogen-bond acceptors (Lipinski definition) is 4. The molecule has 0 bridgehead atoms. The lowest BCUT2D eigenvalue weighted by atomic mass is 10.0. The van der Waals surface area contributed by atoms with Gasteiger partial charge in [-0.2, -0.15) is 0 Å². The molecular formula is C14H19N3O2. The molecule has 2 aliphatic rings. The third-order valence-corrected chi connectivity index (χ3v) is 3.72. The molecule has 0 aromatic heterocycles. The third-order valence-electron chi connectivity index (χ3n) is 3.72. The van der Waals surface area contributed by atoms with Crippen molar-refractivity contribution in [3.63, 3.8) is 0 Å². The van der Waals surface area contributed by atoms with Gasteiger partial charge in [-0.3, -0.25) is 4.79 Å². The Balaban J connectivity index is 1.85. The van der Waals surface area contributed by atoms with Gasteiger partial charge in [-0.15, -0.1) is 0 Å². The molecule has 0 aliphatic carbocycles. The van der Waals surface area contributed by atoms with Crippen LogP contribution in [0.25, 0.3) is 0 Å². The van der Waals surface area contributed by atoms with Crippen LogP contribution in [0.5, 0.6) is 5.75 Å². The summed E-state index contributed by atoms with van der Waals surface area (Å²) in [5.41, 5.74) is 1.96. The number of rotatable bonds is 1. The summed E-state index contributed by atoms with van der Waals surface area (Å²) in [5, 5.41) is 6.36. The highest BCUT2D eigenvalue weighted by molar-refractivity contribution is 5.97. The molecule has 1 aromatic carbocycles. The number of anilines is 1. The van der Waals surface area contributed by atoms with E-state index < -0.39 is 6.10 Å². The molecule has 2 atom stereocenters. The van der Waals surface area contributed by atoms with Gasteiger partial charge in [0.25, 0.3) is 5.91 Å². The molecule has 2 heterocycles. The van der Waals surface area contributed by atoms with Gasteiger partial charge < -0.3 is 20.3 Å². The summed E-state index contributed by atoms with van der Waals surface area (Å²) in [5.74, 6) is 0.676. The minimum Gasteiger partial charge on any atom is -0.479 e. The largest absolute Gasteiger partial charge is 0.479 e. The number of nitrogens with one attached hydrogen (secondary N) is 2. The molecule has 0 spiro atoms. The number of ether oxygens (including phenoxy) is 1. The van der Waals surface area contributed by atoms with E-state index in [1.54, 1.807) is 6.92 Å². The molecule has 5 heteroatoms. The molecule has 1 fully saturated rings. The van der Waals surface area contributed by atoms with E-state index in [-0.39, 0.29) is 5.91 Å². The lowest BCUT2D eigenvalue weighted by Gasteiger charge is -2.32. The van der Waals surface area contributed by atoms with Crippen LogP contribution in [0.4, 0.5) is 5.69 Å². The van der Waals surface area contributed by atoms with E-state index in [4.69, 9.17) is 4.74 Å². The molecule has 1 aromatic rings. The maximum atomic E-state index is 11.5. The van der Waals surface area contributed by atoms with Crippen LogP contribution in [0.3, 0.4) is 0 Å². The van der Waals surface area contributed by atoms with Crippen LogP contribution in [0.2, 0.25) is 0 Å². The van der Waals surface area contributed by atoms with E-state index in [0.29, 0.717) is 6.04 Å². The number of benzene rings is 1. The van der Waals surface area contributed by atoms with Crippen molar-refractivity contribution in [2.75, 3.05) is 32.0 Å². The maximum Gasteiger partial charge on any atom is 0.265 e. The molecule has 2 N–H and O–H groups in total. The molecule has 2 unspecified atom stereocenters. The Bertz CT molecular complexity index is 503. The Hall–Kier alpha value is -1.59. The highest BCUT2D eigenvalue weighted by atomic mass is 16.5. The summed E-state index contributed by atoms with van der Waals surface area (Å²) in [4.78, 5) is 13.8. The lowest BCUT2D eigenvalue weighted by molar-refractivity contribution is -0.122. The second-order valence-corrected chi connectivity index (χ2v) is 5.27. The van der Waals surface area contributed by atoms with E-state index in [0.717, 1.165) is 31.1 Å². The summed E-state index contributed by atoms with van der Waals surface area (Å²) in [6, 6.07) is 6.32. The number of fused-ring (bicyclic) bond motifs is 1. The second-order valence-electron chi connectivity index (χ2n) is 5.27. The molecule has 19 heavy (non-hydrogen) atoms. The Labute approximate surface area is 112 Å². The van der Waals surface area contributed by atoms with Crippen molar-refractivity contribution in [3.05, 3.63) is 23.8 Å². The van der Waals surface area contributed by atoms with Crippen LogP contribution in [0, 0.1) is 0 Å². The predicted molar refractivity (Wildman–Crippen MR) is 73.4 cm³/mol. The standard InChI is InChI=1S/C14H19N3O2/c1-9-14(18)16-11-4-3-10(7-13(11)19-9)12-8-17(2)6-5-15-12/h3-4,7,9,12,15H,5-6,8H2,1-2H3,(H,16,18). The van der Waals surface area contributed by atoms with Crippen LogP contribution in [0.1, 0.15) is 18.5 Å². The normalized spacial score (nSPS) is 27.4. The Morgan fingerprint density at radius 1 is 1.42 bits per heavy atom. The summed E-state index contributed by atoms with van der Waals surface area (Å²) >= 11 is 0. The van der Waals surface area contributed by atoms with Gasteiger partial charge in [0.15, 0.2) is 6.10 Å². The average molecular weight is 261 g/mol. The number of hydrogen-bond donors (Lipinski definition) is 2. The lowest BCUT2D eigenvalue weighted by Crippen LogP contribution is -2.43. The van der Waals surface area contributed by atoms with Gasteiger partial charge in [0, 0.05) is 25.7 Å².